The van der Waals surface area contributed by atoms with Gasteiger partial charge in [0, 0.05) is 23.5 Å². The summed E-state index contributed by atoms with van der Waals surface area (Å²) in [6, 6.07) is 9.72. The van der Waals surface area contributed by atoms with E-state index in [0.29, 0.717) is 34.8 Å². The minimum absolute atomic E-state index is 0.386. The maximum absolute atomic E-state index is 5.37. The largest absolute Gasteiger partial charge is 0.493 e. The van der Waals surface area contributed by atoms with E-state index < -0.39 is 0 Å². The molecule has 0 aliphatic carbocycles. The summed E-state index contributed by atoms with van der Waals surface area (Å²) in [6.45, 7) is 4.06. The summed E-state index contributed by atoms with van der Waals surface area (Å²) in [5.41, 5.74) is 3.89. The van der Waals surface area contributed by atoms with Crippen molar-refractivity contribution < 1.29 is 14.2 Å². The van der Waals surface area contributed by atoms with Gasteiger partial charge in [-0.1, -0.05) is 12.1 Å². The van der Waals surface area contributed by atoms with Gasteiger partial charge < -0.3 is 24.8 Å². The van der Waals surface area contributed by atoms with Crippen molar-refractivity contribution in [2.24, 2.45) is 0 Å². The number of methoxy groups -OCH3 is 3. The van der Waals surface area contributed by atoms with Gasteiger partial charge in [0.05, 0.1) is 21.3 Å². The second-order valence-corrected chi connectivity index (χ2v) is 6.12. The van der Waals surface area contributed by atoms with Crippen molar-refractivity contribution in [2.75, 3.05) is 32.0 Å². The third-order valence-electron chi connectivity index (χ3n) is 4.13. The zero-order valence-electron chi connectivity index (χ0n) is 16.5. The maximum Gasteiger partial charge on any atom is 0.232 e. The molecular formula is C20H23N5O3. The maximum atomic E-state index is 5.37. The Labute approximate surface area is 163 Å². The smallest absolute Gasteiger partial charge is 0.232 e. The number of aryl methyl sites for hydroxylation is 2. The fraction of sp³-hybridized carbons (Fsp3) is 0.250. The fourth-order valence-electron chi connectivity index (χ4n) is 2.69. The van der Waals surface area contributed by atoms with Gasteiger partial charge >= 0.3 is 0 Å². The molecule has 0 aliphatic rings. The van der Waals surface area contributed by atoms with Gasteiger partial charge in [-0.2, -0.15) is 4.98 Å². The Kier molecular flexibility index (Phi) is 5.78. The number of nitrogens with zero attached hydrogens (tertiary/aromatic N) is 3. The highest BCUT2D eigenvalue weighted by molar-refractivity contribution is 5.66. The molecule has 3 rings (SSSR count). The number of hydrogen-bond acceptors (Lipinski definition) is 8. The molecule has 0 bridgehead atoms. The van der Waals surface area contributed by atoms with E-state index in [9.17, 15) is 0 Å². The molecule has 2 N–H and O–H groups in total. The average Bonchev–Trinajstić information content (AvgIpc) is 2.70. The summed E-state index contributed by atoms with van der Waals surface area (Å²) in [5, 5.41) is 6.37. The molecule has 8 nitrogen and oxygen atoms in total. The molecule has 0 spiro atoms. The third kappa shape index (κ3) is 4.22. The van der Waals surface area contributed by atoms with Crippen molar-refractivity contribution >= 4 is 23.3 Å². The van der Waals surface area contributed by atoms with Crippen LogP contribution in [-0.2, 0) is 0 Å². The molecule has 0 unspecified atom stereocenters. The van der Waals surface area contributed by atoms with Crippen molar-refractivity contribution in [3.05, 3.63) is 47.8 Å². The topological polar surface area (TPSA) is 90.4 Å². The van der Waals surface area contributed by atoms with Gasteiger partial charge in [0.1, 0.15) is 6.33 Å². The predicted molar refractivity (Wildman–Crippen MR) is 108 cm³/mol. The zero-order chi connectivity index (χ0) is 20.1. The van der Waals surface area contributed by atoms with Gasteiger partial charge in [-0.3, -0.25) is 0 Å². The van der Waals surface area contributed by atoms with Gasteiger partial charge in [0.2, 0.25) is 17.6 Å². The molecule has 0 saturated heterocycles. The molecule has 28 heavy (non-hydrogen) atoms. The molecule has 3 aromatic rings. The molecule has 146 valence electrons. The molecule has 1 heterocycles. The molecule has 0 aliphatic heterocycles. The summed E-state index contributed by atoms with van der Waals surface area (Å²) in [7, 11) is 4.69. The first kappa shape index (κ1) is 19.2. The van der Waals surface area contributed by atoms with Gasteiger partial charge in [-0.15, -0.1) is 0 Å². The highest BCUT2D eigenvalue weighted by Crippen LogP contribution is 2.40. The standard InChI is InChI=1S/C20H23N5O3/c1-12-6-7-13(2)15(8-12)24-20-22-11-21-19(25-20)23-14-9-16(26-3)18(28-5)17(10-14)27-4/h6-11H,1-5H3,(H2,21,22,23,24,25). The Morgan fingerprint density at radius 3 is 2.04 bits per heavy atom. The Morgan fingerprint density at radius 1 is 0.786 bits per heavy atom. The number of anilines is 4. The summed E-state index contributed by atoms with van der Waals surface area (Å²) in [4.78, 5) is 12.8. The van der Waals surface area contributed by atoms with Crippen LogP contribution in [0.1, 0.15) is 11.1 Å². The van der Waals surface area contributed by atoms with E-state index in [1.807, 2.05) is 26.0 Å². The van der Waals surface area contributed by atoms with Crippen LogP contribution in [0.4, 0.5) is 23.3 Å². The van der Waals surface area contributed by atoms with Gasteiger partial charge in [0.25, 0.3) is 0 Å². The first-order valence-corrected chi connectivity index (χ1v) is 8.64. The average molecular weight is 381 g/mol. The molecule has 0 radical (unpaired) electrons. The van der Waals surface area contributed by atoms with E-state index in [0.717, 1.165) is 16.8 Å². The second kappa shape index (κ2) is 8.43. The van der Waals surface area contributed by atoms with Crippen molar-refractivity contribution in [1.82, 2.24) is 15.0 Å². The molecular weight excluding hydrogens is 358 g/mol. The van der Waals surface area contributed by atoms with Crippen LogP contribution >= 0.6 is 0 Å². The van der Waals surface area contributed by atoms with Crippen LogP contribution in [0.25, 0.3) is 0 Å². The van der Waals surface area contributed by atoms with Gasteiger partial charge in [-0.25, -0.2) is 9.97 Å². The minimum Gasteiger partial charge on any atom is -0.493 e. The number of rotatable bonds is 7. The Balaban J connectivity index is 1.86. The lowest BCUT2D eigenvalue weighted by molar-refractivity contribution is 0.324. The highest BCUT2D eigenvalue weighted by atomic mass is 16.5. The Morgan fingerprint density at radius 2 is 1.43 bits per heavy atom. The summed E-state index contributed by atoms with van der Waals surface area (Å²) in [5.74, 6) is 2.42. The van der Waals surface area contributed by atoms with Crippen LogP contribution in [0.3, 0.4) is 0 Å². The number of benzene rings is 2. The van der Waals surface area contributed by atoms with E-state index in [-0.39, 0.29) is 0 Å². The van der Waals surface area contributed by atoms with Gasteiger partial charge in [-0.05, 0) is 31.0 Å². The Hall–Kier alpha value is -3.55. The van der Waals surface area contributed by atoms with E-state index in [1.54, 1.807) is 33.5 Å². The van der Waals surface area contributed by atoms with Crippen LogP contribution in [0.15, 0.2) is 36.7 Å². The SMILES string of the molecule is COc1cc(Nc2ncnc(Nc3cc(C)ccc3C)n2)cc(OC)c1OC. The van der Waals surface area contributed by atoms with E-state index in [2.05, 4.69) is 31.7 Å². The summed E-state index contributed by atoms with van der Waals surface area (Å²) in [6.07, 6.45) is 1.45. The molecule has 0 atom stereocenters. The molecule has 1 aromatic heterocycles. The van der Waals surface area contributed by atoms with Crippen LogP contribution in [0, 0.1) is 13.8 Å². The first-order valence-electron chi connectivity index (χ1n) is 8.64. The van der Waals surface area contributed by atoms with Crippen molar-refractivity contribution in [1.29, 1.82) is 0 Å². The van der Waals surface area contributed by atoms with E-state index in [1.165, 1.54) is 6.33 Å². The Bertz CT molecular complexity index is 953. The number of nitrogens with one attached hydrogen (secondary N) is 2. The van der Waals surface area contributed by atoms with Crippen LogP contribution in [-0.4, -0.2) is 36.3 Å². The normalized spacial score (nSPS) is 10.3. The van der Waals surface area contributed by atoms with Crippen molar-refractivity contribution in [3.8, 4) is 17.2 Å². The summed E-state index contributed by atoms with van der Waals surface area (Å²) < 4.78 is 16.1. The second-order valence-electron chi connectivity index (χ2n) is 6.12. The number of ether oxygens (including phenoxy) is 3. The predicted octanol–water partition coefficient (Wildman–Crippen LogP) is 4.00. The van der Waals surface area contributed by atoms with Crippen LogP contribution < -0.4 is 24.8 Å². The molecule has 2 aromatic carbocycles. The third-order valence-corrected chi connectivity index (χ3v) is 4.13. The molecule has 0 amide bonds. The lowest BCUT2D eigenvalue weighted by Gasteiger charge is -2.15. The number of hydrogen-bond donors (Lipinski definition) is 2. The minimum atomic E-state index is 0.386. The van der Waals surface area contributed by atoms with E-state index >= 15 is 0 Å². The van der Waals surface area contributed by atoms with Crippen LogP contribution in [0.5, 0.6) is 17.2 Å². The first-order chi connectivity index (χ1) is 13.5. The lowest BCUT2D eigenvalue weighted by atomic mass is 10.1. The molecule has 0 saturated carbocycles. The van der Waals surface area contributed by atoms with Crippen LogP contribution in [0.2, 0.25) is 0 Å². The summed E-state index contributed by atoms with van der Waals surface area (Å²) >= 11 is 0. The van der Waals surface area contributed by atoms with E-state index in [4.69, 9.17) is 14.2 Å². The van der Waals surface area contributed by atoms with Crippen molar-refractivity contribution in [3.63, 3.8) is 0 Å². The highest BCUT2D eigenvalue weighted by Gasteiger charge is 2.14. The monoisotopic (exact) mass is 381 g/mol. The zero-order valence-corrected chi connectivity index (χ0v) is 16.5. The fourth-order valence-corrected chi connectivity index (χ4v) is 2.69. The lowest BCUT2D eigenvalue weighted by Crippen LogP contribution is -2.04. The van der Waals surface area contributed by atoms with Crippen molar-refractivity contribution in [2.45, 2.75) is 13.8 Å². The quantitative estimate of drug-likeness (QED) is 0.635. The van der Waals surface area contributed by atoms with Gasteiger partial charge in [0.15, 0.2) is 11.5 Å². The number of aromatic nitrogens is 3. The molecule has 0 fully saturated rings. The molecule has 8 heteroatoms.